The normalized spacial score (nSPS) is 16.2. The molecule has 0 unspecified atom stereocenters. The third-order valence-electron chi connectivity index (χ3n) is 3.76. The maximum absolute atomic E-state index is 11.9. The van der Waals surface area contributed by atoms with E-state index < -0.39 is 0 Å². The number of ketones is 1. The van der Waals surface area contributed by atoms with Crippen LogP contribution in [0.3, 0.4) is 0 Å². The van der Waals surface area contributed by atoms with Crippen molar-refractivity contribution in [2.24, 2.45) is 0 Å². The summed E-state index contributed by atoms with van der Waals surface area (Å²) in [5.74, 6) is 0.700. The van der Waals surface area contributed by atoms with Crippen LogP contribution in [0.15, 0.2) is 18.2 Å². The van der Waals surface area contributed by atoms with Crippen LogP contribution in [-0.2, 0) is 4.74 Å². The molecule has 1 fully saturated rings. The summed E-state index contributed by atoms with van der Waals surface area (Å²) in [4.78, 5) is 14.2. The van der Waals surface area contributed by atoms with E-state index in [2.05, 4.69) is 4.90 Å². The first-order valence-corrected chi connectivity index (χ1v) is 7.21. The van der Waals surface area contributed by atoms with Crippen LogP contribution in [0.25, 0.3) is 0 Å². The van der Waals surface area contributed by atoms with Crippen molar-refractivity contribution in [2.75, 3.05) is 31.7 Å². The Balaban J connectivity index is 2.19. The van der Waals surface area contributed by atoms with Gasteiger partial charge in [0.05, 0.1) is 24.5 Å². The monoisotopic (exact) mass is 277 g/mol. The second-order valence-electron chi connectivity index (χ2n) is 5.05. The minimum atomic E-state index is 0.0457. The zero-order valence-corrected chi connectivity index (χ0v) is 12.5. The van der Waals surface area contributed by atoms with Crippen molar-refractivity contribution in [3.63, 3.8) is 0 Å². The molecule has 0 bridgehead atoms. The second kappa shape index (κ2) is 6.75. The Bertz CT molecular complexity index is 465. The first-order chi connectivity index (χ1) is 9.67. The number of methoxy groups -OCH3 is 1. The van der Waals surface area contributed by atoms with Gasteiger partial charge in [-0.1, -0.05) is 6.07 Å². The number of piperidine rings is 1. The number of anilines is 1. The maximum atomic E-state index is 11.9. The lowest BCUT2D eigenvalue weighted by Crippen LogP contribution is -2.37. The largest absolute Gasteiger partial charge is 0.496 e. The van der Waals surface area contributed by atoms with Crippen molar-refractivity contribution in [3.8, 4) is 5.75 Å². The lowest BCUT2D eigenvalue weighted by molar-refractivity contribution is 0.0459. The Morgan fingerprint density at radius 2 is 2.05 bits per heavy atom. The molecule has 1 aromatic rings. The van der Waals surface area contributed by atoms with Crippen molar-refractivity contribution in [1.82, 2.24) is 0 Å². The Morgan fingerprint density at radius 3 is 2.60 bits per heavy atom. The van der Waals surface area contributed by atoms with Gasteiger partial charge >= 0.3 is 0 Å². The molecule has 0 amide bonds. The highest BCUT2D eigenvalue weighted by atomic mass is 16.5. The molecule has 4 heteroatoms. The first-order valence-electron chi connectivity index (χ1n) is 7.21. The fraction of sp³-hybridized carbons (Fsp3) is 0.562. The zero-order valence-electron chi connectivity index (χ0n) is 12.5. The molecule has 0 saturated carbocycles. The molecular weight excluding hydrogens is 254 g/mol. The van der Waals surface area contributed by atoms with Gasteiger partial charge in [-0.05, 0) is 38.8 Å². The fourth-order valence-electron chi connectivity index (χ4n) is 2.81. The van der Waals surface area contributed by atoms with E-state index in [1.807, 2.05) is 25.1 Å². The highest BCUT2D eigenvalue weighted by Gasteiger charge is 2.23. The average molecular weight is 277 g/mol. The topological polar surface area (TPSA) is 38.8 Å². The summed E-state index contributed by atoms with van der Waals surface area (Å²) in [7, 11) is 1.60. The first kappa shape index (κ1) is 14.9. The van der Waals surface area contributed by atoms with E-state index in [-0.39, 0.29) is 5.78 Å². The van der Waals surface area contributed by atoms with E-state index in [1.165, 1.54) is 0 Å². The van der Waals surface area contributed by atoms with E-state index in [0.717, 1.165) is 38.2 Å². The van der Waals surface area contributed by atoms with Crippen molar-refractivity contribution >= 4 is 11.5 Å². The summed E-state index contributed by atoms with van der Waals surface area (Å²) in [6.45, 7) is 6.22. The number of carbonyl (C=O) groups excluding carboxylic acids is 1. The number of carbonyl (C=O) groups is 1. The summed E-state index contributed by atoms with van der Waals surface area (Å²) in [5, 5.41) is 0. The third-order valence-corrected chi connectivity index (χ3v) is 3.76. The number of Topliss-reactive ketones (excluding diaryl/α,β-unsaturated/α-hetero) is 1. The van der Waals surface area contributed by atoms with Crippen LogP contribution in [0.4, 0.5) is 5.69 Å². The molecule has 1 saturated heterocycles. The number of nitrogens with zero attached hydrogens (tertiary/aromatic N) is 1. The molecule has 110 valence electrons. The highest BCUT2D eigenvalue weighted by Crippen LogP contribution is 2.31. The van der Waals surface area contributed by atoms with Crippen molar-refractivity contribution in [3.05, 3.63) is 23.8 Å². The van der Waals surface area contributed by atoms with Crippen LogP contribution in [0.5, 0.6) is 5.75 Å². The lowest BCUT2D eigenvalue weighted by Gasteiger charge is -2.34. The van der Waals surface area contributed by atoms with Gasteiger partial charge in [0.25, 0.3) is 0 Å². The van der Waals surface area contributed by atoms with E-state index >= 15 is 0 Å². The highest BCUT2D eigenvalue weighted by molar-refractivity contribution is 6.02. The average Bonchev–Trinajstić information content (AvgIpc) is 2.47. The Hall–Kier alpha value is -1.55. The molecule has 0 aromatic heterocycles. The van der Waals surface area contributed by atoms with Crippen LogP contribution in [0, 0.1) is 0 Å². The molecule has 1 heterocycles. The predicted octanol–water partition coefficient (Wildman–Crippen LogP) is 2.90. The van der Waals surface area contributed by atoms with Crippen molar-refractivity contribution in [2.45, 2.75) is 32.8 Å². The molecule has 1 aliphatic rings. The standard InChI is InChI=1S/C16H23NO3/c1-4-20-13-8-10-17(11-9-13)14-6-5-7-15(19-3)16(14)12(2)18/h5-7,13H,4,8-11H2,1-3H3. The smallest absolute Gasteiger partial charge is 0.165 e. The Morgan fingerprint density at radius 1 is 1.35 bits per heavy atom. The van der Waals surface area contributed by atoms with Crippen molar-refractivity contribution in [1.29, 1.82) is 0 Å². The fourth-order valence-corrected chi connectivity index (χ4v) is 2.81. The molecule has 20 heavy (non-hydrogen) atoms. The molecule has 1 aromatic carbocycles. The van der Waals surface area contributed by atoms with Crippen LogP contribution in [0.1, 0.15) is 37.0 Å². The van der Waals surface area contributed by atoms with E-state index in [1.54, 1.807) is 14.0 Å². The van der Waals surface area contributed by atoms with Gasteiger partial charge in [-0.2, -0.15) is 0 Å². The van der Waals surface area contributed by atoms with Gasteiger partial charge in [-0.3, -0.25) is 4.79 Å². The van der Waals surface area contributed by atoms with Gasteiger partial charge in [-0.15, -0.1) is 0 Å². The molecular formula is C16H23NO3. The van der Waals surface area contributed by atoms with Crippen LogP contribution >= 0.6 is 0 Å². The second-order valence-corrected chi connectivity index (χ2v) is 5.05. The molecule has 1 aliphatic heterocycles. The minimum absolute atomic E-state index is 0.0457. The third kappa shape index (κ3) is 3.12. The molecule has 4 nitrogen and oxygen atoms in total. The molecule has 0 radical (unpaired) electrons. The number of hydrogen-bond donors (Lipinski definition) is 0. The van der Waals surface area contributed by atoms with E-state index in [9.17, 15) is 4.79 Å². The van der Waals surface area contributed by atoms with Crippen LogP contribution in [0.2, 0.25) is 0 Å². The zero-order chi connectivity index (χ0) is 14.5. The summed E-state index contributed by atoms with van der Waals surface area (Å²) in [6.07, 6.45) is 2.35. The van der Waals surface area contributed by atoms with Gasteiger partial charge in [0.15, 0.2) is 5.78 Å². The SMILES string of the molecule is CCOC1CCN(c2cccc(OC)c2C(C)=O)CC1. The summed E-state index contributed by atoms with van der Waals surface area (Å²) >= 11 is 0. The van der Waals surface area contributed by atoms with Gasteiger partial charge in [0, 0.05) is 19.7 Å². The van der Waals surface area contributed by atoms with Crippen LogP contribution in [-0.4, -0.2) is 38.7 Å². The van der Waals surface area contributed by atoms with Gasteiger partial charge in [0.1, 0.15) is 5.75 Å². The lowest BCUT2D eigenvalue weighted by atomic mass is 10.0. The Kier molecular flexibility index (Phi) is 5.01. The number of hydrogen-bond acceptors (Lipinski definition) is 4. The number of ether oxygens (including phenoxy) is 2. The van der Waals surface area contributed by atoms with Gasteiger partial charge in [-0.25, -0.2) is 0 Å². The predicted molar refractivity (Wildman–Crippen MR) is 79.9 cm³/mol. The molecule has 0 atom stereocenters. The molecule has 0 aliphatic carbocycles. The Labute approximate surface area is 120 Å². The summed E-state index contributed by atoms with van der Waals surface area (Å²) in [5.41, 5.74) is 1.66. The quantitative estimate of drug-likeness (QED) is 0.776. The summed E-state index contributed by atoms with van der Waals surface area (Å²) < 4.78 is 11.0. The maximum Gasteiger partial charge on any atom is 0.165 e. The molecule has 2 rings (SSSR count). The van der Waals surface area contributed by atoms with E-state index in [0.29, 0.717) is 17.4 Å². The van der Waals surface area contributed by atoms with Crippen LogP contribution < -0.4 is 9.64 Å². The number of rotatable bonds is 5. The number of benzene rings is 1. The molecule has 0 spiro atoms. The van der Waals surface area contributed by atoms with Gasteiger partial charge in [0.2, 0.25) is 0 Å². The van der Waals surface area contributed by atoms with Gasteiger partial charge < -0.3 is 14.4 Å². The van der Waals surface area contributed by atoms with E-state index in [4.69, 9.17) is 9.47 Å². The molecule has 0 N–H and O–H groups in total. The summed E-state index contributed by atoms with van der Waals surface area (Å²) in [6, 6.07) is 5.78. The minimum Gasteiger partial charge on any atom is -0.496 e. The van der Waals surface area contributed by atoms with Crippen molar-refractivity contribution < 1.29 is 14.3 Å².